The molecule has 0 aliphatic heterocycles. The zero-order valence-corrected chi connectivity index (χ0v) is 18.4. The van der Waals surface area contributed by atoms with Gasteiger partial charge >= 0.3 is 5.97 Å². The van der Waals surface area contributed by atoms with Crippen molar-refractivity contribution in [2.75, 3.05) is 0 Å². The fourth-order valence-electron chi connectivity index (χ4n) is 3.98. The first kappa shape index (κ1) is 22.6. The van der Waals surface area contributed by atoms with Crippen LogP contribution in [0.15, 0.2) is 65.1 Å². The lowest BCUT2D eigenvalue weighted by Crippen LogP contribution is -2.04. The smallest absolute Gasteiger partial charge is 0.307 e. The lowest BCUT2D eigenvalue weighted by atomic mass is 9.98. The Kier molecular flexibility index (Phi) is 6.75. The summed E-state index contributed by atoms with van der Waals surface area (Å²) in [5, 5.41) is 10.0. The zero-order chi connectivity index (χ0) is 23.4. The molecule has 4 rings (SSSR count). The van der Waals surface area contributed by atoms with Crippen LogP contribution in [0.25, 0.3) is 22.1 Å². The maximum absolute atomic E-state index is 15.2. The van der Waals surface area contributed by atoms with E-state index in [2.05, 4.69) is 6.92 Å². The van der Waals surface area contributed by atoms with Gasteiger partial charge in [-0.05, 0) is 36.2 Å². The third kappa shape index (κ3) is 4.91. The average molecular weight is 448 g/mol. The Labute approximate surface area is 191 Å². The predicted octanol–water partition coefficient (Wildman–Crippen LogP) is 5.86. The Morgan fingerprint density at radius 2 is 1.85 bits per heavy atom. The molecule has 0 fully saturated rings. The third-order valence-corrected chi connectivity index (χ3v) is 5.52. The van der Waals surface area contributed by atoms with E-state index in [-0.39, 0.29) is 25.4 Å². The van der Waals surface area contributed by atoms with E-state index in [4.69, 9.17) is 20.0 Å². The number of hydrogen-bond acceptors (Lipinski definition) is 4. The Balaban J connectivity index is 1.75. The molecule has 0 saturated heterocycles. The highest BCUT2D eigenvalue weighted by Crippen LogP contribution is 2.35. The van der Waals surface area contributed by atoms with Crippen LogP contribution in [0, 0.1) is 5.82 Å². The molecule has 0 aliphatic rings. The van der Waals surface area contributed by atoms with Gasteiger partial charge in [0.15, 0.2) is 0 Å². The van der Waals surface area contributed by atoms with Crippen LogP contribution < -0.4 is 10.5 Å². The number of rotatable bonds is 9. The molecule has 0 bridgehead atoms. The number of nitrogens with two attached hydrogens (primary N) is 1. The first-order valence-electron chi connectivity index (χ1n) is 11.0. The number of benzene rings is 3. The summed E-state index contributed by atoms with van der Waals surface area (Å²) in [4.78, 5) is 11.2. The van der Waals surface area contributed by atoms with Gasteiger partial charge in [0.25, 0.3) is 0 Å². The number of para-hydroxylation sites is 1. The molecule has 6 heteroatoms. The maximum atomic E-state index is 15.2. The summed E-state index contributed by atoms with van der Waals surface area (Å²) in [6.45, 7) is 2.38. The van der Waals surface area contributed by atoms with Crippen molar-refractivity contribution in [3.05, 3.63) is 88.9 Å². The van der Waals surface area contributed by atoms with Gasteiger partial charge in [-0.3, -0.25) is 4.79 Å². The van der Waals surface area contributed by atoms with Crippen LogP contribution in [0.2, 0.25) is 0 Å². The van der Waals surface area contributed by atoms with E-state index in [0.717, 1.165) is 29.6 Å². The van der Waals surface area contributed by atoms with Crippen molar-refractivity contribution < 1.29 is 23.4 Å². The van der Waals surface area contributed by atoms with Gasteiger partial charge in [0, 0.05) is 40.6 Å². The van der Waals surface area contributed by atoms with Crippen LogP contribution in [0.3, 0.4) is 0 Å². The largest absolute Gasteiger partial charge is 0.489 e. The summed E-state index contributed by atoms with van der Waals surface area (Å²) >= 11 is 0. The molecule has 33 heavy (non-hydrogen) atoms. The molecule has 0 aliphatic carbocycles. The van der Waals surface area contributed by atoms with E-state index in [1.165, 1.54) is 0 Å². The summed E-state index contributed by atoms with van der Waals surface area (Å²) in [5.41, 5.74) is 9.27. The molecule has 1 aromatic heterocycles. The van der Waals surface area contributed by atoms with E-state index < -0.39 is 5.97 Å². The minimum absolute atomic E-state index is 0.102. The van der Waals surface area contributed by atoms with Crippen LogP contribution in [-0.2, 0) is 30.8 Å². The molecule has 0 amide bonds. The van der Waals surface area contributed by atoms with Crippen molar-refractivity contribution in [2.45, 2.75) is 39.3 Å². The van der Waals surface area contributed by atoms with Crippen molar-refractivity contribution in [3.8, 4) is 16.9 Å². The highest BCUT2D eigenvalue weighted by atomic mass is 19.1. The van der Waals surface area contributed by atoms with Gasteiger partial charge in [-0.2, -0.15) is 0 Å². The topological polar surface area (TPSA) is 85.7 Å². The van der Waals surface area contributed by atoms with E-state index in [9.17, 15) is 4.79 Å². The molecule has 0 atom stereocenters. The lowest BCUT2D eigenvalue weighted by molar-refractivity contribution is -0.136. The monoisotopic (exact) mass is 447 g/mol. The fraction of sp³-hybridized carbons (Fsp3) is 0.222. The van der Waals surface area contributed by atoms with Crippen LogP contribution in [0.4, 0.5) is 4.39 Å². The summed E-state index contributed by atoms with van der Waals surface area (Å²) in [5.74, 6) is 0.0669. The van der Waals surface area contributed by atoms with Crippen LogP contribution in [0.1, 0.15) is 35.8 Å². The second kappa shape index (κ2) is 9.88. The Bertz CT molecular complexity index is 1290. The molecule has 170 valence electrons. The minimum Gasteiger partial charge on any atom is -0.489 e. The van der Waals surface area contributed by atoms with E-state index in [1.54, 1.807) is 42.5 Å². The third-order valence-electron chi connectivity index (χ3n) is 5.52. The van der Waals surface area contributed by atoms with Gasteiger partial charge < -0.3 is 20.0 Å². The fourth-order valence-corrected chi connectivity index (χ4v) is 3.98. The summed E-state index contributed by atoms with van der Waals surface area (Å²) < 4.78 is 27.3. The predicted molar refractivity (Wildman–Crippen MR) is 126 cm³/mol. The first-order chi connectivity index (χ1) is 16.0. The second-order valence-corrected chi connectivity index (χ2v) is 7.97. The number of carboxylic acids is 1. The Morgan fingerprint density at radius 3 is 2.61 bits per heavy atom. The van der Waals surface area contributed by atoms with Gasteiger partial charge in [-0.1, -0.05) is 43.3 Å². The van der Waals surface area contributed by atoms with Crippen LogP contribution in [-0.4, -0.2) is 11.1 Å². The Morgan fingerprint density at radius 1 is 1.06 bits per heavy atom. The lowest BCUT2D eigenvalue weighted by Gasteiger charge is -2.13. The first-order valence-corrected chi connectivity index (χ1v) is 11.0. The quantitative estimate of drug-likeness (QED) is 0.336. The number of hydrogen-bond donors (Lipinski definition) is 2. The highest BCUT2D eigenvalue weighted by molar-refractivity contribution is 5.94. The minimum atomic E-state index is -0.924. The standard InChI is InChI=1S/C27H26FNO4/c1-2-6-21-13-20-11-17(16-32-24-10-4-3-7-18(24)14-25(30)31)12-23(27(20)33-21)22-9-5-8-19(15-29)26(22)28/h3-5,7-13H,2,6,14-16,29H2,1H3,(H,30,31). The Hall–Kier alpha value is -3.64. The highest BCUT2D eigenvalue weighted by Gasteiger charge is 2.17. The number of aryl methyl sites for hydroxylation is 1. The van der Waals surface area contributed by atoms with Crippen LogP contribution in [0.5, 0.6) is 5.75 Å². The molecule has 4 aromatic rings. The van der Waals surface area contributed by atoms with E-state index >= 15 is 4.39 Å². The average Bonchev–Trinajstić information content (AvgIpc) is 3.20. The summed E-state index contributed by atoms with van der Waals surface area (Å²) in [7, 11) is 0. The summed E-state index contributed by atoms with van der Waals surface area (Å²) in [6, 6.07) is 18.1. The van der Waals surface area contributed by atoms with Crippen molar-refractivity contribution in [1.29, 1.82) is 0 Å². The molecular weight excluding hydrogens is 421 g/mol. The van der Waals surface area contributed by atoms with Gasteiger partial charge in [-0.25, -0.2) is 4.39 Å². The molecule has 5 nitrogen and oxygen atoms in total. The molecule has 3 N–H and O–H groups in total. The van der Waals surface area contributed by atoms with Gasteiger partial charge in [-0.15, -0.1) is 0 Å². The molecule has 0 unspecified atom stereocenters. The SMILES string of the molecule is CCCc1cc2cc(COc3ccccc3CC(=O)O)cc(-c3cccc(CN)c3F)c2o1. The number of carbonyl (C=O) groups is 1. The molecule has 0 saturated carbocycles. The molecule has 0 radical (unpaired) electrons. The molecule has 3 aromatic carbocycles. The summed E-state index contributed by atoms with van der Waals surface area (Å²) in [6.07, 6.45) is 1.59. The zero-order valence-electron chi connectivity index (χ0n) is 18.4. The van der Waals surface area contributed by atoms with E-state index in [1.807, 2.05) is 18.2 Å². The van der Waals surface area contributed by atoms with Crippen molar-refractivity contribution >= 4 is 16.9 Å². The number of halogens is 1. The molecule has 1 heterocycles. The van der Waals surface area contributed by atoms with Gasteiger partial charge in [0.2, 0.25) is 0 Å². The van der Waals surface area contributed by atoms with E-state index in [0.29, 0.717) is 33.6 Å². The number of fused-ring (bicyclic) bond motifs is 1. The van der Waals surface area contributed by atoms with Crippen molar-refractivity contribution in [2.24, 2.45) is 5.73 Å². The van der Waals surface area contributed by atoms with Gasteiger partial charge in [0.1, 0.15) is 29.5 Å². The number of carboxylic acid groups (broad SMARTS) is 1. The maximum Gasteiger partial charge on any atom is 0.307 e. The normalized spacial score (nSPS) is 11.1. The molecule has 0 spiro atoms. The van der Waals surface area contributed by atoms with Gasteiger partial charge in [0.05, 0.1) is 6.42 Å². The van der Waals surface area contributed by atoms with Crippen molar-refractivity contribution in [1.82, 2.24) is 0 Å². The molecular formula is C27H26FNO4. The van der Waals surface area contributed by atoms with Crippen molar-refractivity contribution in [3.63, 3.8) is 0 Å². The van der Waals surface area contributed by atoms with Crippen LogP contribution >= 0.6 is 0 Å². The number of ether oxygens (including phenoxy) is 1. The number of aliphatic carboxylic acids is 1. The number of furan rings is 1. The second-order valence-electron chi connectivity index (χ2n) is 7.97.